The van der Waals surface area contributed by atoms with E-state index in [0.29, 0.717) is 24.6 Å². The molecule has 1 saturated heterocycles. The van der Waals surface area contributed by atoms with Crippen molar-refractivity contribution in [1.29, 1.82) is 0 Å². The van der Waals surface area contributed by atoms with Crippen LogP contribution in [0.5, 0.6) is 0 Å². The molecule has 12 nitrogen and oxygen atoms in total. The molecule has 49 heavy (non-hydrogen) atoms. The van der Waals surface area contributed by atoms with E-state index in [1.165, 1.54) is 0 Å². The van der Waals surface area contributed by atoms with Crippen molar-refractivity contribution in [3.8, 4) is 22.5 Å². The Hall–Kier alpha value is -4.39. The van der Waals surface area contributed by atoms with Gasteiger partial charge in [0.05, 0.1) is 30.6 Å². The average molecular weight is 668 g/mol. The van der Waals surface area contributed by atoms with Crippen LogP contribution in [0.25, 0.3) is 28.3 Å². The third kappa shape index (κ3) is 7.17. The predicted molar refractivity (Wildman–Crippen MR) is 186 cm³/mol. The molecular weight excluding hydrogens is 622 g/mol. The number of benzene rings is 2. The van der Waals surface area contributed by atoms with Crippen LogP contribution in [-0.2, 0) is 22.3 Å². The van der Waals surface area contributed by atoms with Crippen molar-refractivity contribution in [1.82, 2.24) is 34.2 Å². The summed E-state index contributed by atoms with van der Waals surface area (Å²) in [5.41, 5.74) is 5.39. The normalized spacial score (nSPS) is 21.8. The van der Waals surface area contributed by atoms with E-state index in [1.807, 2.05) is 45.5 Å². The maximum absolute atomic E-state index is 14.4. The fourth-order valence-corrected chi connectivity index (χ4v) is 7.66. The monoisotopic (exact) mass is 667 g/mol. The van der Waals surface area contributed by atoms with Crippen molar-refractivity contribution in [2.24, 2.45) is 0 Å². The number of aromatic amines is 1. The minimum Gasteiger partial charge on any atom is -0.377 e. The van der Waals surface area contributed by atoms with E-state index in [0.717, 1.165) is 91.7 Å². The van der Waals surface area contributed by atoms with Gasteiger partial charge < -0.3 is 9.47 Å². The molecule has 2 fully saturated rings. The molecular formula is C37H45N7O5. The van der Waals surface area contributed by atoms with Gasteiger partial charge in [-0.1, -0.05) is 67.0 Å². The number of nitrogens with one attached hydrogen (secondary N) is 1. The first-order valence-corrected chi connectivity index (χ1v) is 17.6. The molecule has 0 radical (unpaired) electrons. The van der Waals surface area contributed by atoms with Gasteiger partial charge in [0.25, 0.3) is 5.56 Å². The molecule has 0 amide bonds. The topological polar surface area (TPSA) is 133 Å². The van der Waals surface area contributed by atoms with Crippen LogP contribution in [0.15, 0.2) is 69.0 Å². The van der Waals surface area contributed by atoms with Crippen LogP contribution >= 0.6 is 0 Å². The first kappa shape index (κ1) is 33.1. The molecule has 1 aliphatic heterocycles. The molecule has 2 aromatic carbocycles. The van der Waals surface area contributed by atoms with Gasteiger partial charge in [0.2, 0.25) is 5.78 Å². The molecule has 2 aliphatic rings. The summed E-state index contributed by atoms with van der Waals surface area (Å²) in [6.07, 6.45) is 7.89. The second-order valence-corrected chi connectivity index (χ2v) is 13.5. The van der Waals surface area contributed by atoms with Crippen LogP contribution < -0.4 is 11.3 Å². The van der Waals surface area contributed by atoms with E-state index >= 15 is 0 Å². The Morgan fingerprint density at radius 2 is 1.69 bits per heavy atom. The molecule has 258 valence electrons. The van der Waals surface area contributed by atoms with E-state index < -0.39 is 5.76 Å². The maximum atomic E-state index is 14.4. The highest BCUT2D eigenvalue weighted by Crippen LogP contribution is 2.32. The van der Waals surface area contributed by atoms with Crippen LogP contribution in [0.1, 0.15) is 75.7 Å². The molecule has 7 rings (SSSR count). The predicted octanol–water partition coefficient (Wildman–Crippen LogP) is 5.05. The zero-order valence-corrected chi connectivity index (χ0v) is 28.5. The fourth-order valence-electron chi connectivity index (χ4n) is 7.66. The SMILES string of the molecule is CCCc1c(Cc2ccc(-c3ccccc3-c3noc(=O)[nH]3)cc2)c(=O)n([C@H]2CC[C@H](OCCN3C[C@@H](C)O[C@@H](C)C3)CC2)c2ncnn12. The summed E-state index contributed by atoms with van der Waals surface area (Å²) in [6, 6.07) is 16.0. The highest BCUT2D eigenvalue weighted by Gasteiger charge is 2.29. The number of morpholine rings is 1. The molecule has 1 aliphatic carbocycles. The molecule has 0 unspecified atom stereocenters. The lowest BCUT2D eigenvalue weighted by atomic mass is 9.92. The number of aromatic nitrogens is 6. The highest BCUT2D eigenvalue weighted by atomic mass is 16.5. The second kappa shape index (κ2) is 14.6. The van der Waals surface area contributed by atoms with Crippen molar-refractivity contribution in [2.75, 3.05) is 26.2 Å². The average Bonchev–Trinajstić information content (AvgIpc) is 3.76. The van der Waals surface area contributed by atoms with E-state index in [-0.39, 0.29) is 29.9 Å². The summed E-state index contributed by atoms with van der Waals surface area (Å²) >= 11 is 0. The number of fused-ring (bicyclic) bond motifs is 1. The van der Waals surface area contributed by atoms with Gasteiger partial charge >= 0.3 is 5.76 Å². The summed E-state index contributed by atoms with van der Waals surface area (Å²) in [5.74, 6) is 0.409. The molecule has 5 aromatic rings. The van der Waals surface area contributed by atoms with E-state index in [2.05, 4.69) is 58.0 Å². The standard InChI is InChI=1S/C37H45N7O5/c1-4-7-33-32(20-26-10-12-27(13-11-26)30-8-5-6-9-31(30)34-40-37(46)49-41-34)35(45)43(36-38-23-39-44(33)36)28-14-16-29(17-15-28)47-19-18-42-21-24(2)48-25(3)22-42/h5-6,8-13,23-25,28-29H,4,7,14-22H2,1-3H3,(H,40,41,46)/t24-,25+,28-,29-. The number of hydrogen-bond acceptors (Lipinski definition) is 9. The third-order valence-electron chi connectivity index (χ3n) is 9.85. The zero-order valence-electron chi connectivity index (χ0n) is 28.5. The summed E-state index contributed by atoms with van der Waals surface area (Å²) in [6.45, 7) is 9.89. The largest absolute Gasteiger partial charge is 0.439 e. The van der Waals surface area contributed by atoms with Gasteiger partial charge in [-0.15, -0.1) is 0 Å². The first-order chi connectivity index (χ1) is 23.9. The molecule has 0 spiro atoms. The lowest BCUT2D eigenvalue weighted by Crippen LogP contribution is -2.46. The Morgan fingerprint density at radius 1 is 0.959 bits per heavy atom. The van der Waals surface area contributed by atoms with E-state index in [4.69, 9.17) is 14.0 Å². The summed E-state index contributed by atoms with van der Waals surface area (Å²) in [7, 11) is 0. The first-order valence-electron chi connectivity index (χ1n) is 17.6. The lowest BCUT2D eigenvalue weighted by Gasteiger charge is -2.36. The summed E-state index contributed by atoms with van der Waals surface area (Å²) in [4.78, 5) is 35.7. The Bertz CT molecular complexity index is 1980. The fraction of sp³-hybridized carbons (Fsp3) is 0.486. The molecule has 2 atom stereocenters. The van der Waals surface area contributed by atoms with Crippen molar-refractivity contribution >= 4 is 5.78 Å². The molecule has 4 heterocycles. The number of aryl methyl sites for hydroxylation is 1. The maximum Gasteiger partial charge on any atom is 0.439 e. The number of nitrogens with zero attached hydrogens (tertiary/aromatic N) is 6. The number of ether oxygens (including phenoxy) is 2. The Balaban J connectivity index is 1.09. The van der Waals surface area contributed by atoms with E-state index in [1.54, 1.807) is 6.33 Å². The third-order valence-corrected chi connectivity index (χ3v) is 9.85. The van der Waals surface area contributed by atoms with Crippen LogP contribution in [-0.4, -0.2) is 78.8 Å². The molecule has 1 saturated carbocycles. The van der Waals surface area contributed by atoms with Gasteiger partial charge in [0, 0.05) is 43.2 Å². The van der Waals surface area contributed by atoms with Gasteiger partial charge in [-0.05, 0) is 62.6 Å². The van der Waals surface area contributed by atoms with Crippen LogP contribution in [0, 0.1) is 0 Å². The minimum atomic E-state index is -0.594. The number of rotatable bonds is 11. The lowest BCUT2D eigenvalue weighted by molar-refractivity contribution is -0.0778. The van der Waals surface area contributed by atoms with Crippen LogP contribution in [0.4, 0.5) is 0 Å². The summed E-state index contributed by atoms with van der Waals surface area (Å²) < 4.78 is 20.7. The van der Waals surface area contributed by atoms with E-state index in [9.17, 15) is 9.59 Å². The van der Waals surface area contributed by atoms with Crippen LogP contribution in [0.3, 0.4) is 0 Å². The van der Waals surface area contributed by atoms with Crippen molar-refractivity contribution in [3.63, 3.8) is 0 Å². The molecule has 1 N–H and O–H groups in total. The Morgan fingerprint density at radius 3 is 2.39 bits per heavy atom. The van der Waals surface area contributed by atoms with Gasteiger partial charge in [-0.2, -0.15) is 10.1 Å². The molecule has 12 heteroatoms. The number of hydrogen-bond donors (Lipinski definition) is 1. The zero-order chi connectivity index (χ0) is 33.9. The van der Waals surface area contributed by atoms with Gasteiger partial charge in [0.1, 0.15) is 6.33 Å². The van der Waals surface area contributed by atoms with Crippen LogP contribution in [0.2, 0.25) is 0 Å². The molecule has 3 aromatic heterocycles. The van der Waals surface area contributed by atoms with Crippen molar-refractivity contribution < 1.29 is 14.0 Å². The Kier molecular flexibility index (Phi) is 9.88. The van der Waals surface area contributed by atoms with Crippen molar-refractivity contribution in [2.45, 2.75) is 90.1 Å². The van der Waals surface area contributed by atoms with Gasteiger partial charge in [0.15, 0.2) is 5.82 Å². The second-order valence-electron chi connectivity index (χ2n) is 13.5. The highest BCUT2D eigenvalue weighted by molar-refractivity contribution is 5.80. The Labute approximate surface area is 285 Å². The number of H-pyrrole nitrogens is 1. The summed E-state index contributed by atoms with van der Waals surface area (Å²) in [5, 5.41) is 8.49. The quantitative estimate of drug-likeness (QED) is 0.205. The molecule has 0 bridgehead atoms. The van der Waals surface area contributed by atoms with Gasteiger partial charge in [-0.25, -0.2) is 9.31 Å². The smallest absolute Gasteiger partial charge is 0.377 e. The van der Waals surface area contributed by atoms with Gasteiger partial charge in [-0.3, -0.25) is 23.8 Å². The minimum absolute atomic E-state index is 0.0216. The van der Waals surface area contributed by atoms with Crippen molar-refractivity contribution in [3.05, 3.63) is 92.6 Å².